The lowest BCUT2D eigenvalue weighted by Gasteiger charge is -2.14. The van der Waals surface area contributed by atoms with E-state index in [2.05, 4.69) is 28.8 Å². The average molecular weight is 519 g/mol. The Bertz CT molecular complexity index is 1170. The second-order valence-corrected chi connectivity index (χ2v) is 11.3. The number of nitrogen functional groups attached to an aromatic ring is 1. The molecule has 3 rings (SSSR count). The molecule has 3 aromatic rings. The summed E-state index contributed by atoms with van der Waals surface area (Å²) in [6, 6.07) is 7.52. The summed E-state index contributed by atoms with van der Waals surface area (Å²) < 4.78 is 61.0. The van der Waals surface area contributed by atoms with Crippen molar-refractivity contribution >= 4 is 36.2 Å². The number of imidazole rings is 1. The molecule has 3 N–H and O–H groups in total. The van der Waals surface area contributed by atoms with Gasteiger partial charge in [0.1, 0.15) is 28.8 Å². The minimum absolute atomic E-state index is 0.0231. The van der Waals surface area contributed by atoms with Gasteiger partial charge in [0, 0.05) is 11.4 Å². The van der Waals surface area contributed by atoms with Gasteiger partial charge >= 0.3 is 6.18 Å². The summed E-state index contributed by atoms with van der Waals surface area (Å²) in [4.78, 5) is 23.1. The number of hydrogen-bond donors (Lipinski definition) is 2. The third-order valence-corrected chi connectivity index (χ3v) is 6.65. The minimum Gasteiger partial charge on any atom is -0.493 e. The molecule has 1 unspecified atom stereocenters. The number of aromatic nitrogens is 4. The Balaban J connectivity index is 1.68. The normalized spacial score (nSPS) is 14.0. The molecule has 9 nitrogen and oxygen atoms in total. The van der Waals surface area contributed by atoms with E-state index in [1.807, 2.05) is 24.3 Å². The van der Waals surface area contributed by atoms with Gasteiger partial charge in [0.2, 0.25) is 13.3 Å². The maximum absolute atomic E-state index is 12.3. The molecule has 186 valence electrons. The summed E-state index contributed by atoms with van der Waals surface area (Å²) in [5, 5.41) is 0.521. The first-order chi connectivity index (χ1) is 15.9. The summed E-state index contributed by atoms with van der Waals surface area (Å²) in [6.07, 6.45) is -5.95. The van der Waals surface area contributed by atoms with Crippen LogP contribution in [0.15, 0.2) is 40.5 Å². The number of ether oxygens (including phenoxy) is 2. The van der Waals surface area contributed by atoms with Crippen LogP contribution in [0.3, 0.4) is 0 Å². The highest BCUT2D eigenvalue weighted by Crippen LogP contribution is 2.45. The predicted octanol–water partition coefficient (Wildman–Crippen LogP) is 4.40. The standard InChI is InChI=1S/C20H25F3N5O4PS/c1-13(2)9-32-14-4-3-5-15(8-14)34-18-16-17(26-19(24)27-18)28(11-25-16)6-7-31-12-33(29,30)10-20(21,22)23/h3-5,8,11,13H,6-7,9-10,12H2,1-2H3,(H,29,30)(H2,24,26,27). The zero-order valence-electron chi connectivity index (χ0n) is 18.5. The zero-order valence-corrected chi connectivity index (χ0v) is 20.2. The molecule has 0 saturated carbocycles. The minimum atomic E-state index is -4.74. The Morgan fingerprint density at radius 2 is 2.06 bits per heavy atom. The number of anilines is 1. The van der Waals surface area contributed by atoms with Crippen molar-refractivity contribution < 1.29 is 32.1 Å². The molecule has 0 aliphatic rings. The van der Waals surface area contributed by atoms with Crippen LogP contribution in [0.5, 0.6) is 5.75 Å². The van der Waals surface area contributed by atoms with Crippen molar-refractivity contribution in [2.45, 2.75) is 36.5 Å². The molecule has 1 aromatic carbocycles. The maximum atomic E-state index is 12.3. The third-order valence-electron chi connectivity index (χ3n) is 4.25. The summed E-state index contributed by atoms with van der Waals surface area (Å²) in [5.41, 5.74) is 6.77. The first kappa shape index (κ1) is 26.3. The van der Waals surface area contributed by atoms with Crippen molar-refractivity contribution in [3.63, 3.8) is 0 Å². The van der Waals surface area contributed by atoms with Gasteiger partial charge in [-0.2, -0.15) is 18.2 Å². The van der Waals surface area contributed by atoms with Gasteiger partial charge in [-0.15, -0.1) is 0 Å². The smallest absolute Gasteiger partial charge is 0.398 e. The Hall–Kier alpha value is -2.34. The van der Waals surface area contributed by atoms with Crippen molar-refractivity contribution in [1.29, 1.82) is 0 Å². The largest absolute Gasteiger partial charge is 0.493 e. The molecule has 0 amide bonds. The van der Waals surface area contributed by atoms with E-state index in [1.165, 1.54) is 18.1 Å². The first-order valence-corrected chi connectivity index (χ1v) is 13.1. The fourth-order valence-electron chi connectivity index (χ4n) is 2.87. The van der Waals surface area contributed by atoms with E-state index in [-0.39, 0.29) is 19.1 Å². The average Bonchev–Trinajstić information content (AvgIpc) is 3.11. The van der Waals surface area contributed by atoms with E-state index in [4.69, 9.17) is 15.2 Å². The maximum Gasteiger partial charge on any atom is 0.398 e. The van der Waals surface area contributed by atoms with Crippen molar-refractivity contribution in [3.05, 3.63) is 30.6 Å². The number of nitrogens with two attached hydrogens (primary N) is 1. The number of hydrogen-bond acceptors (Lipinski definition) is 8. The number of halogens is 3. The molecule has 0 aliphatic carbocycles. The third kappa shape index (κ3) is 7.86. The van der Waals surface area contributed by atoms with E-state index >= 15 is 0 Å². The van der Waals surface area contributed by atoms with Gasteiger partial charge in [-0.1, -0.05) is 31.7 Å². The Morgan fingerprint density at radius 3 is 2.76 bits per heavy atom. The second kappa shape index (κ2) is 10.9. The fraction of sp³-hybridized carbons (Fsp3) is 0.450. The predicted molar refractivity (Wildman–Crippen MR) is 122 cm³/mol. The summed E-state index contributed by atoms with van der Waals surface area (Å²) in [6.45, 7) is 4.74. The van der Waals surface area contributed by atoms with Crippen LogP contribution in [0, 0.1) is 5.92 Å². The van der Waals surface area contributed by atoms with Crippen LogP contribution >= 0.6 is 19.1 Å². The van der Waals surface area contributed by atoms with Gasteiger partial charge in [0.15, 0.2) is 5.65 Å². The lowest BCUT2D eigenvalue weighted by Crippen LogP contribution is -2.17. The summed E-state index contributed by atoms with van der Waals surface area (Å²) in [5.74, 6) is 1.14. The molecule has 14 heteroatoms. The van der Waals surface area contributed by atoms with Crippen LogP contribution in [0.1, 0.15) is 13.8 Å². The van der Waals surface area contributed by atoms with Crippen LogP contribution in [-0.2, 0) is 15.8 Å². The Morgan fingerprint density at radius 1 is 1.29 bits per heavy atom. The van der Waals surface area contributed by atoms with Gasteiger partial charge in [-0.05, 0) is 24.1 Å². The lowest BCUT2D eigenvalue weighted by atomic mass is 10.2. The highest BCUT2D eigenvalue weighted by molar-refractivity contribution is 7.99. The van der Waals surface area contributed by atoms with E-state index in [9.17, 15) is 22.6 Å². The van der Waals surface area contributed by atoms with Gasteiger partial charge < -0.3 is 24.7 Å². The Kier molecular flexibility index (Phi) is 8.45. The van der Waals surface area contributed by atoms with E-state index in [0.717, 1.165) is 10.6 Å². The van der Waals surface area contributed by atoms with Gasteiger partial charge in [-0.25, -0.2) is 9.97 Å². The molecule has 1 atom stereocenters. The molecule has 34 heavy (non-hydrogen) atoms. The molecular formula is C20H25F3N5O4PS. The highest BCUT2D eigenvalue weighted by Gasteiger charge is 2.38. The van der Waals surface area contributed by atoms with E-state index in [0.29, 0.717) is 28.7 Å². The second-order valence-electron chi connectivity index (χ2n) is 7.94. The van der Waals surface area contributed by atoms with Crippen molar-refractivity contribution in [2.75, 3.05) is 31.5 Å². The fourth-order valence-corrected chi connectivity index (χ4v) is 4.86. The van der Waals surface area contributed by atoms with E-state index in [1.54, 1.807) is 4.57 Å². The van der Waals surface area contributed by atoms with Crippen LogP contribution in [-0.4, -0.2) is 56.3 Å². The lowest BCUT2D eigenvalue weighted by molar-refractivity contribution is -0.108. The van der Waals surface area contributed by atoms with Gasteiger partial charge in [0.05, 0.1) is 19.5 Å². The molecule has 2 heterocycles. The number of alkyl halides is 3. The zero-order chi connectivity index (χ0) is 24.9. The molecule has 0 fully saturated rings. The van der Waals surface area contributed by atoms with Crippen LogP contribution < -0.4 is 10.5 Å². The molecule has 0 bridgehead atoms. The molecule has 0 saturated heterocycles. The SMILES string of the molecule is CC(C)COc1cccc(Sc2nc(N)nc3c2ncn3CCOCP(=O)(O)CC(F)(F)F)c1. The van der Waals surface area contributed by atoms with Crippen LogP contribution in [0.4, 0.5) is 19.1 Å². The van der Waals surface area contributed by atoms with Gasteiger partial charge in [-0.3, -0.25) is 4.57 Å². The molecular weight excluding hydrogens is 494 g/mol. The molecule has 0 radical (unpaired) electrons. The van der Waals surface area contributed by atoms with Gasteiger partial charge in [0.25, 0.3) is 0 Å². The van der Waals surface area contributed by atoms with Crippen molar-refractivity contribution in [2.24, 2.45) is 5.92 Å². The van der Waals surface area contributed by atoms with Crippen molar-refractivity contribution in [1.82, 2.24) is 19.5 Å². The van der Waals surface area contributed by atoms with E-state index < -0.39 is 26.1 Å². The topological polar surface area (TPSA) is 125 Å². The molecule has 2 aromatic heterocycles. The van der Waals surface area contributed by atoms with Crippen molar-refractivity contribution in [3.8, 4) is 5.75 Å². The summed E-state index contributed by atoms with van der Waals surface area (Å²) >= 11 is 1.34. The monoisotopic (exact) mass is 519 g/mol. The first-order valence-electron chi connectivity index (χ1n) is 10.3. The molecule has 0 spiro atoms. The number of fused-ring (bicyclic) bond motifs is 1. The van der Waals surface area contributed by atoms with Crippen LogP contribution in [0.2, 0.25) is 0 Å². The molecule has 0 aliphatic heterocycles. The number of rotatable bonds is 11. The highest BCUT2D eigenvalue weighted by atomic mass is 32.2. The van der Waals surface area contributed by atoms with Crippen LogP contribution in [0.25, 0.3) is 11.2 Å². The quantitative estimate of drug-likeness (QED) is 0.215. The summed E-state index contributed by atoms with van der Waals surface area (Å²) in [7, 11) is -4.47. The Labute approximate surface area is 198 Å². The number of benzene rings is 1. The number of nitrogens with zero attached hydrogens (tertiary/aromatic N) is 4.